The number of rotatable bonds is 6. The number of ether oxygens (including phenoxy) is 3. The minimum atomic E-state index is -1.05. The number of esters is 1. The molecule has 2 aliphatic rings. The maximum absolute atomic E-state index is 13.1. The summed E-state index contributed by atoms with van der Waals surface area (Å²) in [5, 5.41) is 2.84. The van der Waals surface area contributed by atoms with Gasteiger partial charge in [0, 0.05) is 26.2 Å². The van der Waals surface area contributed by atoms with Gasteiger partial charge in [-0.2, -0.15) is 0 Å². The number of methoxy groups -OCH3 is 2. The molecular formula is C25H30N4O5. The number of piperazine rings is 1. The molecule has 0 aromatic heterocycles. The lowest BCUT2D eigenvalue weighted by molar-refractivity contribution is -0.153. The van der Waals surface area contributed by atoms with Crippen molar-refractivity contribution in [1.29, 1.82) is 0 Å². The third-order valence-electron chi connectivity index (χ3n) is 6.10. The molecule has 1 saturated heterocycles. The van der Waals surface area contributed by atoms with Gasteiger partial charge in [-0.15, -0.1) is 0 Å². The molecule has 0 aliphatic carbocycles. The van der Waals surface area contributed by atoms with E-state index < -0.39 is 23.8 Å². The van der Waals surface area contributed by atoms with Gasteiger partial charge in [-0.3, -0.25) is 14.9 Å². The van der Waals surface area contributed by atoms with E-state index in [1.165, 1.54) is 0 Å². The van der Waals surface area contributed by atoms with Crippen LogP contribution in [0.5, 0.6) is 11.5 Å². The fraction of sp³-hybridized carbons (Fsp3) is 0.400. The predicted molar refractivity (Wildman–Crippen MR) is 128 cm³/mol. The van der Waals surface area contributed by atoms with E-state index in [0.29, 0.717) is 24.8 Å². The first-order chi connectivity index (χ1) is 16.5. The number of aliphatic imine (C=N–C) groups is 1. The van der Waals surface area contributed by atoms with E-state index in [1.54, 1.807) is 33.3 Å². The maximum Gasteiger partial charge on any atom is 0.321 e. The summed E-state index contributed by atoms with van der Waals surface area (Å²) in [6.07, 6.45) is 0. The van der Waals surface area contributed by atoms with Crippen LogP contribution < -0.4 is 19.7 Å². The monoisotopic (exact) mass is 466 g/mol. The summed E-state index contributed by atoms with van der Waals surface area (Å²) < 4.78 is 15.9. The number of benzene rings is 2. The molecule has 2 aromatic rings. The fourth-order valence-electron chi connectivity index (χ4n) is 4.32. The molecule has 2 aromatic carbocycles. The van der Waals surface area contributed by atoms with Crippen LogP contribution in [0.2, 0.25) is 0 Å². The van der Waals surface area contributed by atoms with E-state index in [4.69, 9.17) is 19.2 Å². The minimum absolute atomic E-state index is 0.194. The molecule has 0 saturated carbocycles. The van der Waals surface area contributed by atoms with Gasteiger partial charge in [0.1, 0.15) is 17.5 Å². The number of nitrogens with one attached hydrogen (secondary N) is 1. The molecular weight excluding hydrogens is 436 g/mol. The number of carbonyl (C=O) groups is 2. The van der Waals surface area contributed by atoms with Crippen LogP contribution in [0.15, 0.2) is 53.5 Å². The van der Waals surface area contributed by atoms with Crippen LogP contribution in [-0.4, -0.2) is 69.7 Å². The zero-order chi connectivity index (χ0) is 24.1. The Bertz CT molecular complexity index is 1050. The lowest BCUT2D eigenvalue weighted by Gasteiger charge is -2.40. The van der Waals surface area contributed by atoms with Crippen LogP contribution >= 0.6 is 0 Å². The average Bonchev–Trinajstić information content (AvgIpc) is 2.88. The first kappa shape index (κ1) is 23.4. The van der Waals surface area contributed by atoms with Crippen LogP contribution in [0.1, 0.15) is 18.5 Å². The highest BCUT2D eigenvalue weighted by Crippen LogP contribution is 2.33. The summed E-state index contributed by atoms with van der Waals surface area (Å²) in [5.74, 6) is -0.0384. The van der Waals surface area contributed by atoms with Gasteiger partial charge in [0.15, 0.2) is 5.92 Å². The Morgan fingerprint density at radius 3 is 2.32 bits per heavy atom. The van der Waals surface area contributed by atoms with Gasteiger partial charge in [0.05, 0.1) is 26.5 Å². The molecule has 0 radical (unpaired) electrons. The van der Waals surface area contributed by atoms with Gasteiger partial charge in [-0.05, 0) is 36.8 Å². The Hall–Kier alpha value is -3.75. The zero-order valence-electron chi connectivity index (χ0n) is 19.7. The number of nitrogens with zero attached hydrogens (tertiary/aromatic N) is 3. The molecule has 0 unspecified atom stereocenters. The molecule has 34 heavy (non-hydrogen) atoms. The number of anilines is 1. The summed E-state index contributed by atoms with van der Waals surface area (Å²) >= 11 is 0. The maximum atomic E-state index is 13.1. The van der Waals surface area contributed by atoms with Crippen molar-refractivity contribution in [2.75, 3.05) is 51.9 Å². The number of carbonyl (C=O) groups excluding carboxylic acids is 2. The number of para-hydroxylation sites is 2. The lowest BCUT2D eigenvalue weighted by Crippen LogP contribution is -2.57. The van der Waals surface area contributed by atoms with Crippen molar-refractivity contribution in [3.8, 4) is 11.5 Å². The Labute approximate surface area is 199 Å². The van der Waals surface area contributed by atoms with E-state index in [9.17, 15) is 9.59 Å². The molecule has 1 amide bonds. The van der Waals surface area contributed by atoms with E-state index in [1.807, 2.05) is 41.3 Å². The standard InChI is InChI=1S/C25H30N4O5/c1-4-34-24(31)21-22(17-9-11-18(32-2)12-10-17)26-25(27-23(21)30)29-15-13-28(14-16-29)19-7-5-6-8-20(19)33-3/h5-12,21-22H,4,13-16H2,1-3H3,(H,26,27,30)/t21-,22-/m0/s1. The molecule has 0 bridgehead atoms. The quantitative estimate of drug-likeness (QED) is 0.516. The molecule has 2 aliphatic heterocycles. The second-order valence-corrected chi connectivity index (χ2v) is 8.04. The topological polar surface area (TPSA) is 92.7 Å². The Morgan fingerprint density at radius 2 is 1.68 bits per heavy atom. The molecule has 9 nitrogen and oxygen atoms in total. The fourth-order valence-corrected chi connectivity index (χ4v) is 4.32. The van der Waals surface area contributed by atoms with Crippen molar-refractivity contribution in [2.24, 2.45) is 10.9 Å². The summed E-state index contributed by atoms with van der Waals surface area (Å²) in [4.78, 5) is 34.8. The van der Waals surface area contributed by atoms with Crippen molar-refractivity contribution in [3.05, 3.63) is 54.1 Å². The van der Waals surface area contributed by atoms with E-state index >= 15 is 0 Å². The summed E-state index contributed by atoms with van der Waals surface area (Å²) in [5.41, 5.74) is 1.79. The Morgan fingerprint density at radius 1 is 1.00 bits per heavy atom. The van der Waals surface area contributed by atoms with Gasteiger partial charge >= 0.3 is 5.97 Å². The molecule has 1 N–H and O–H groups in total. The van der Waals surface area contributed by atoms with Gasteiger partial charge in [-0.25, -0.2) is 4.99 Å². The van der Waals surface area contributed by atoms with Gasteiger partial charge in [0.25, 0.3) is 0 Å². The van der Waals surface area contributed by atoms with Crippen LogP contribution in [-0.2, 0) is 14.3 Å². The smallest absolute Gasteiger partial charge is 0.321 e. The van der Waals surface area contributed by atoms with Crippen molar-refractivity contribution in [1.82, 2.24) is 10.2 Å². The largest absolute Gasteiger partial charge is 0.497 e. The van der Waals surface area contributed by atoms with Crippen LogP contribution in [0.25, 0.3) is 0 Å². The van der Waals surface area contributed by atoms with Crippen molar-refractivity contribution in [3.63, 3.8) is 0 Å². The van der Waals surface area contributed by atoms with Gasteiger partial charge < -0.3 is 24.0 Å². The molecule has 2 heterocycles. The van der Waals surface area contributed by atoms with Crippen LogP contribution in [0, 0.1) is 5.92 Å². The molecule has 1 fully saturated rings. The van der Waals surface area contributed by atoms with Crippen LogP contribution in [0.3, 0.4) is 0 Å². The van der Waals surface area contributed by atoms with Gasteiger partial charge in [-0.1, -0.05) is 24.3 Å². The van der Waals surface area contributed by atoms with E-state index in [-0.39, 0.29) is 6.61 Å². The summed E-state index contributed by atoms with van der Waals surface area (Å²) in [6.45, 7) is 4.72. The predicted octanol–water partition coefficient (Wildman–Crippen LogP) is 2.23. The lowest BCUT2D eigenvalue weighted by atomic mass is 9.91. The summed E-state index contributed by atoms with van der Waals surface area (Å²) in [7, 11) is 3.26. The average molecular weight is 467 g/mol. The van der Waals surface area contributed by atoms with Crippen LogP contribution in [0.4, 0.5) is 5.69 Å². The molecule has 180 valence electrons. The number of amides is 1. The number of hydrogen-bond acceptors (Lipinski definition) is 8. The SMILES string of the molecule is CCOC(=O)[C@@H]1C(=O)NC(N2CCN(c3ccccc3OC)CC2)=N[C@H]1c1ccc(OC)cc1. The highest BCUT2D eigenvalue weighted by Gasteiger charge is 2.42. The normalized spacial score (nSPS) is 20.3. The molecule has 9 heteroatoms. The van der Waals surface area contributed by atoms with Gasteiger partial charge in [0.2, 0.25) is 11.9 Å². The second-order valence-electron chi connectivity index (χ2n) is 8.04. The second kappa shape index (κ2) is 10.5. The van der Waals surface area contributed by atoms with E-state index in [0.717, 1.165) is 30.1 Å². The highest BCUT2D eigenvalue weighted by atomic mass is 16.5. The van der Waals surface area contributed by atoms with Crippen molar-refractivity contribution in [2.45, 2.75) is 13.0 Å². The first-order valence-electron chi connectivity index (χ1n) is 11.4. The Kier molecular flexibility index (Phi) is 7.20. The minimum Gasteiger partial charge on any atom is -0.497 e. The molecule has 4 rings (SSSR count). The Balaban J connectivity index is 1.56. The zero-order valence-corrected chi connectivity index (χ0v) is 19.7. The van der Waals surface area contributed by atoms with E-state index in [2.05, 4.69) is 10.2 Å². The van der Waals surface area contributed by atoms with Crippen molar-refractivity contribution >= 4 is 23.5 Å². The third-order valence-corrected chi connectivity index (χ3v) is 6.10. The summed E-state index contributed by atoms with van der Waals surface area (Å²) in [6, 6.07) is 14.5. The highest BCUT2D eigenvalue weighted by molar-refractivity contribution is 6.08. The number of hydrogen-bond donors (Lipinski definition) is 1. The number of guanidine groups is 1. The molecule has 2 atom stereocenters. The third kappa shape index (κ3) is 4.78. The molecule has 0 spiro atoms. The van der Waals surface area contributed by atoms with Crippen molar-refractivity contribution < 1.29 is 23.8 Å². The first-order valence-corrected chi connectivity index (χ1v) is 11.4.